The van der Waals surface area contributed by atoms with E-state index in [1.165, 1.54) is 6.33 Å². The molecule has 8 heteroatoms. The summed E-state index contributed by atoms with van der Waals surface area (Å²) in [5, 5.41) is 5.17. The van der Waals surface area contributed by atoms with Crippen molar-refractivity contribution >= 4 is 23.3 Å². The van der Waals surface area contributed by atoms with Crippen molar-refractivity contribution in [3.63, 3.8) is 0 Å². The Bertz CT molecular complexity index is 532. The number of rotatable bonds is 4. The van der Waals surface area contributed by atoms with Gasteiger partial charge in [0.05, 0.1) is 6.10 Å². The lowest BCUT2D eigenvalue weighted by Gasteiger charge is -2.23. The van der Waals surface area contributed by atoms with Gasteiger partial charge in [-0.25, -0.2) is 4.98 Å². The number of hydrogen-bond acceptors (Lipinski definition) is 7. The van der Waals surface area contributed by atoms with E-state index >= 15 is 0 Å². The fraction of sp³-hybridized carbons (Fsp3) is 0.500. The monoisotopic (exact) mass is 279 g/mol. The van der Waals surface area contributed by atoms with Crippen molar-refractivity contribution in [2.24, 2.45) is 0 Å². The van der Waals surface area contributed by atoms with Crippen LogP contribution in [0.25, 0.3) is 0 Å². The van der Waals surface area contributed by atoms with Crippen molar-refractivity contribution in [1.29, 1.82) is 0 Å². The van der Waals surface area contributed by atoms with Gasteiger partial charge in [0.15, 0.2) is 5.82 Å². The zero-order valence-corrected chi connectivity index (χ0v) is 11.3. The molecular formula is C12H17N5O3. The lowest BCUT2D eigenvalue weighted by molar-refractivity contribution is -0.133. The molecule has 0 bridgehead atoms. The molecule has 108 valence electrons. The van der Waals surface area contributed by atoms with Gasteiger partial charge in [0.2, 0.25) is 17.7 Å². The van der Waals surface area contributed by atoms with E-state index in [2.05, 4.69) is 20.6 Å². The first-order valence-corrected chi connectivity index (χ1v) is 6.34. The van der Waals surface area contributed by atoms with Crippen LogP contribution in [0, 0.1) is 0 Å². The summed E-state index contributed by atoms with van der Waals surface area (Å²) in [4.78, 5) is 30.7. The quantitative estimate of drug-likeness (QED) is 0.667. The molecule has 0 spiro atoms. The van der Waals surface area contributed by atoms with Crippen LogP contribution in [-0.2, 0) is 9.59 Å². The summed E-state index contributed by atoms with van der Waals surface area (Å²) in [5.41, 5.74) is 6.15. The summed E-state index contributed by atoms with van der Waals surface area (Å²) in [6.07, 6.45) is 1.91. The first-order chi connectivity index (χ1) is 9.47. The normalized spacial score (nSPS) is 18.9. The number of nitrogens with zero attached hydrogens (tertiary/aromatic N) is 2. The maximum atomic E-state index is 11.7. The largest absolute Gasteiger partial charge is 0.473 e. The van der Waals surface area contributed by atoms with Crippen LogP contribution in [-0.4, -0.2) is 33.9 Å². The Morgan fingerprint density at radius 1 is 1.45 bits per heavy atom. The molecule has 1 unspecified atom stereocenters. The molecule has 20 heavy (non-hydrogen) atoms. The van der Waals surface area contributed by atoms with Crippen LogP contribution >= 0.6 is 0 Å². The summed E-state index contributed by atoms with van der Waals surface area (Å²) in [7, 11) is 0. The van der Waals surface area contributed by atoms with Crippen LogP contribution in [0.2, 0.25) is 0 Å². The van der Waals surface area contributed by atoms with Crippen molar-refractivity contribution in [2.45, 2.75) is 38.8 Å². The Labute approximate surface area is 116 Å². The molecule has 0 radical (unpaired) electrons. The second-order valence-corrected chi connectivity index (χ2v) is 4.76. The standard InChI is InChI=1S/C12H17N5O3/c1-6(2)20-12-9(13)10(14-5-15-12)16-7-3-4-8(18)17-11(7)19/h5-7H,3-4,13H2,1-2H3,(H,14,15,16)(H,17,18,19). The number of hydrogen-bond donors (Lipinski definition) is 3. The second-order valence-electron chi connectivity index (χ2n) is 4.76. The van der Waals surface area contributed by atoms with Crippen LogP contribution < -0.4 is 21.1 Å². The Balaban J connectivity index is 2.13. The predicted molar refractivity (Wildman–Crippen MR) is 72.0 cm³/mol. The van der Waals surface area contributed by atoms with Gasteiger partial charge in [-0.2, -0.15) is 4.98 Å². The van der Waals surface area contributed by atoms with Gasteiger partial charge < -0.3 is 15.8 Å². The van der Waals surface area contributed by atoms with Crippen molar-refractivity contribution in [2.75, 3.05) is 11.1 Å². The predicted octanol–water partition coefficient (Wildman–Crippen LogP) is 0.0631. The van der Waals surface area contributed by atoms with Crippen LogP contribution in [0.5, 0.6) is 5.88 Å². The molecule has 0 aliphatic carbocycles. The number of amides is 2. The third-order valence-corrected chi connectivity index (χ3v) is 2.74. The minimum atomic E-state index is -0.545. The summed E-state index contributed by atoms with van der Waals surface area (Å²) in [6.45, 7) is 3.71. The topological polar surface area (TPSA) is 119 Å². The molecule has 0 aromatic carbocycles. The van der Waals surface area contributed by atoms with Crippen LogP contribution in [0.4, 0.5) is 11.5 Å². The van der Waals surface area contributed by atoms with E-state index in [-0.39, 0.29) is 35.9 Å². The molecule has 1 atom stereocenters. The fourth-order valence-electron chi connectivity index (χ4n) is 1.81. The van der Waals surface area contributed by atoms with Gasteiger partial charge in [-0.15, -0.1) is 0 Å². The summed E-state index contributed by atoms with van der Waals surface area (Å²) in [6, 6.07) is -0.545. The van der Waals surface area contributed by atoms with Gasteiger partial charge in [-0.3, -0.25) is 14.9 Å². The minimum Gasteiger partial charge on any atom is -0.473 e. The smallest absolute Gasteiger partial charge is 0.249 e. The summed E-state index contributed by atoms with van der Waals surface area (Å²) >= 11 is 0. The molecule has 1 aromatic heterocycles. The highest BCUT2D eigenvalue weighted by Crippen LogP contribution is 2.26. The molecule has 0 saturated carbocycles. The maximum absolute atomic E-state index is 11.7. The Morgan fingerprint density at radius 3 is 2.85 bits per heavy atom. The van der Waals surface area contributed by atoms with Gasteiger partial charge in [-0.1, -0.05) is 0 Å². The van der Waals surface area contributed by atoms with Crippen molar-refractivity contribution < 1.29 is 14.3 Å². The third kappa shape index (κ3) is 3.14. The molecular weight excluding hydrogens is 262 g/mol. The number of nitrogens with two attached hydrogens (primary N) is 1. The fourth-order valence-corrected chi connectivity index (χ4v) is 1.81. The number of imide groups is 1. The van der Waals surface area contributed by atoms with Crippen LogP contribution in [0.1, 0.15) is 26.7 Å². The number of nitrogen functional groups attached to an aromatic ring is 1. The van der Waals surface area contributed by atoms with E-state index in [1.807, 2.05) is 13.8 Å². The maximum Gasteiger partial charge on any atom is 0.249 e. The Kier molecular flexibility index (Phi) is 4.02. The highest BCUT2D eigenvalue weighted by atomic mass is 16.5. The van der Waals surface area contributed by atoms with Crippen LogP contribution in [0.15, 0.2) is 6.33 Å². The van der Waals surface area contributed by atoms with Crippen LogP contribution in [0.3, 0.4) is 0 Å². The number of aromatic nitrogens is 2. The van der Waals surface area contributed by atoms with E-state index in [4.69, 9.17) is 10.5 Å². The molecule has 1 aliphatic rings. The Hall–Kier alpha value is -2.38. The zero-order chi connectivity index (χ0) is 14.7. The lowest BCUT2D eigenvalue weighted by atomic mass is 10.1. The van der Waals surface area contributed by atoms with E-state index in [9.17, 15) is 9.59 Å². The average molecular weight is 279 g/mol. The number of carbonyl (C=O) groups is 2. The number of carbonyl (C=O) groups excluding carboxylic acids is 2. The lowest BCUT2D eigenvalue weighted by Crippen LogP contribution is -2.47. The van der Waals surface area contributed by atoms with Gasteiger partial charge in [0.1, 0.15) is 18.1 Å². The SMILES string of the molecule is CC(C)Oc1ncnc(NC2CCC(=O)NC2=O)c1N. The van der Waals surface area contributed by atoms with Crippen molar-refractivity contribution in [1.82, 2.24) is 15.3 Å². The molecule has 8 nitrogen and oxygen atoms in total. The number of ether oxygens (including phenoxy) is 1. The van der Waals surface area contributed by atoms with E-state index < -0.39 is 6.04 Å². The molecule has 1 aromatic rings. The average Bonchev–Trinajstić information content (AvgIpc) is 2.36. The van der Waals surface area contributed by atoms with Gasteiger partial charge in [0, 0.05) is 6.42 Å². The minimum absolute atomic E-state index is 0.0735. The van der Waals surface area contributed by atoms with E-state index in [1.54, 1.807) is 0 Å². The molecule has 2 rings (SSSR count). The highest BCUT2D eigenvalue weighted by Gasteiger charge is 2.27. The molecule has 2 amide bonds. The van der Waals surface area contributed by atoms with E-state index in [0.29, 0.717) is 12.2 Å². The third-order valence-electron chi connectivity index (χ3n) is 2.74. The molecule has 4 N–H and O–H groups in total. The summed E-state index contributed by atoms with van der Waals surface area (Å²) in [5.74, 6) is -0.0620. The van der Waals surface area contributed by atoms with Crippen molar-refractivity contribution in [3.8, 4) is 5.88 Å². The van der Waals surface area contributed by atoms with Crippen molar-refractivity contribution in [3.05, 3.63) is 6.33 Å². The Morgan fingerprint density at radius 2 is 2.20 bits per heavy atom. The number of piperidine rings is 1. The van der Waals surface area contributed by atoms with Gasteiger partial charge in [-0.05, 0) is 20.3 Å². The highest BCUT2D eigenvalue weighted by molar-refractivity contribution is 6.01. The zero-order valence-electron chi connectivity index (χ0n) is 11.3. The summed E-state index contributed by atoms with van der Waals surface area (Å²) < 4.78 is 5.45. The number of anilines is 2. The van der Waals surface area contributed by atoms with Gasteiger partial charge >= 0.3 is 0 Å². The van der Waals surface area contributed by atoms with Gasteiger partial charge in [0.25, 0.3) is 0 Å². The number of nitrogens with one attached hydrogen (secondary N) is 2. The first kappa shape index (κ1) is 14.0. The molecule has 2 heterocycles. The molecule has 1 saturated heterocycles. The van der Waals surface area contributed by atoms with E-state index in [0.717, 1.165) is 0 Å². The molecule has 1 aliphatic heterocycles. The molecule has 1 fully saturated rings. The second kappa shape index (κ2) is 5.72. The first-order valence-electron chi connectivity index (χ1n) is 6.34.